The Bertz CT molecular complexity index is 1040. The maximum atomic E-state index is 12.6. The number of fused-ring (bicyclic) bond motifs is 1. The van der Waals surface area contributed by atoms with Crippen molar-refractivity contribution in [1.82, 2.24) is 4.90 Å². The van der Waals surface area contributed by atoms with Gasteiger partial charge in [0.25, 0.3) is 0 Å². The minimum Gasteiger partial charge on any atom is -0.464 e. The fourth-order valence-electron chi connectivity index (χ4n) is 3.92. The van der Waals surface area contributed by atoms with Crippen LogP contribution in [0.4, 0.5) is 11.4 Å². The molecule has 1 aliphatic rings. The molecule has 2 N–H and O–H groups in total. The number of carbonyl (C=O) groups excluding carboxylic acids is 2. The zero-order valence-corrected chi connectivity index (χ0v) is 17.6. The van der Waals surface area contributed by atoms with Crippen LogP contribution in [0, 0.1) is 5.92 Å². The molecule has 4 rings (SSSR count). The van der Waals surface area contributed by atoms with Gasteiger partial charge < -0.3 is 19.8 Å². The number of ether oxygens (including phenoxy) is 1. The van der Waals surface area contributed by atoms with Crippen molar-refractivity contribution in [3.63, 3.8) is 0 Å². The number of hydrogen-bond donors (Lipinski definition) is 2. The lowest BCUT2D eigenvalue weighted by molar-refractivity contribution is -0.117. The summed E-state index contributed by atoms with van der Waals surface area (Å²) >= 11 is 0. The van der Waals surface area contributed by atoms with Crippen LogP contribution in [0.2, 0.25) is 0 Å². The molecule has 0 aliphatic carbocycles. The van der Waals surface area contributed by atoms with Gasteiger partial charge in [-0.15, -0.1) is 0 Å². The van der Waals surface area contributed by atoms with Crippen molar-refractivity contribution >= 4 is 34.2 Å². The summed E-state index contributed by atoms with van der Waals surface area (Å²) in [6, 6.07) is 15.3. The van der Waals surface area contributed by atoms with Gasteiger partial charge in [-0.05, 0) is 54.3 Å². The van der Waals surface area contributed by atoms with Crippen LogP contribution in [0.5, 0.6) is 0 Å². The van der Waals surface area contributed by atoms with Crippen molar-refractivity contribution in [2.75, 3.05) is 43.5 Å². The first-order chi connectivity index (χ1) is 15.0. The molecular formula is C24H27N3O4. The van der Waals surface area contributed by atoms with Crippen molar-refractivity contribution in [3.8, 4) is 0 Å². The molecule has 0 spiro atoms. The van der Waals surface area contributed by atoms with E-state index in [0.717, 1.165) is 30.5 Å². The van der Waals surface area contributed by atoms with Gasteiger partial charge in [-0.25, -0.2) is 0 Å². The van der Waals surface area contributed by atoms with E-state index in [0.29, 0.717) is 37.1 Å². The minimum atomic E-state index is -0.126. The van der Waals surface area contributed by atoms with E-state index in [1.807, 2.05) is 6.07 Å². The van der Waals surface area contributed by atoms with Crippen LogP contribution >= 0.6 is 0 Å². The molecule has 1 aromatic heterocycles. The molecule has 162 valence electrons. The highest BCUT2D eigenvalue weighted by Crippen LogP contribution is 2.21. The Balaban J connectivity index is 1.31. The van der Waals surface area contributed by atoms with Gasteiger partial charge in [0.15, 0.2) is 0 Å². The van der Waals surface area contributed by atoms with E-state index in [-0.39, 0.29) is 11.8 Å². The van der Waals surface area contributed by atoms with E-state index >= 15 is 0 Å². The highest BCUT2D eigenvalue weighted by Gasteiger charge is 2.21. The van der Waals surface area contributed by atoms with Crippen LogP contribution in [0.15, 0.2) is 59.2 Å². The fourth-order valence-corrected chi connectivity index (χ4v) is 3.92. The molecule has 2 heterocycles. The second-order valence-electron chi connectivity index (χ2n) is 7.98. The molecule has 2 aromatic carbocycles. The Morgan fingerprint density at radius 2 is 1.84 bits per heavy atom. The molecule has 1 atom stereocenters. The van der Waals surface area contributed by atoms with Gasteiger partial charge in [0, 0.05) is 36.8 Å². The van der Waals surface area contributed by atoms with E-state index < -0.39 is 0 Å². The summed E-state index contributed by atoms with van der Waals surface area (Å²) in [5.74, 6) is 0.114. The monoisotopic (exact) mass is 421 g/mol. The van der Waals surface area contributed by atoms with Crippen molar-refractivity contribution < 1.29 is 18.7 Å². The number of carbonyl (C=O) groups is 2. The summed E-state index contributed by atoms with van der Waals surface area (Å²) in [5, 5.41) is 6.74. The Morgan fingerprint density at radius 3 is 2.61 bits per heavy atom. The lowest BCUT2D eigenvalue weighted by atomic mass is 9.99. The molecular weight excluding hydrogens is 394 g/mol. The Morgan fingerprint density at radius 1 is 1.06 bits per heavy atom. The van der Waals surface area contributed by atoms with E-state index in [2.05, 4.69) is 33.7 Å². The molecule has 0 unspecified atom stereocenters. The zero-order chi connectivity index (χ0) is 21.6. The van der Waals surface area contributed by atoms with Crippen LogP contribution in [0.3, 0.4) is 0 Å². The molecule has 0 radical (unpaired) electrons. The normalized spacial score (nSPS) is 17.3. The second kappa shape index (κ2) is 9.76. The second-order valence-corrected chi connectivity index (χ2v) is 7.98. The van der Waals surface area contributed by atoms with Gasteiger partial charge in [0.05, 0.1) is 26.0 Å². The van der Waals surface area contributed by atoms with Crippen LogP contribution in [-0.4, -0.2) is 49.6 Å². The third-order valence-corrected chi connectivity index (χ3v) is 5.32. The predicted molar refractivity (Wildman–Crippen MR) is 120 cm³/mol. The SMILES string of the molecule is CC(=O)Nc1ccc(NC(=O)CN2CCOC[C@H](Cc3ccc4ccoc4c3)C2)cc1. The standard InChI is InChI=1S/C24H27N3O4/c1-17(28)25-21-4-6-22(7-5-21)26-24(29)15-27-9-11-30-16-19(14-27)12-18-2-3-20-8-10-31-23(20)13-18/h2-8,10,13,19H,9,11-12,14-16H2,1H3,(H,25,28)(H,26,29)/t19-/m1/s1. The number of amides is 2. The fraction of sp³-hybridized carbons (Fsp3) is 0.333. The molecule has 1 fully saturated rings. The van der Waals surface area contributed by atoms with Crippen molar-refractivity contribution in [2.45, 2.75) is 13.3 Å². The van der Waals surface area contributed by atoms with Crippen LogP contribution < -0.4 is 10.6 Å². The number of rotatable bonds is 6. The molecule has 7 heteroatoms. The molecule has 0 bridgehead atoms. The average molecular weight is 421 g/mol. The number of benzene rings is 2. The summed E-state index contributed by atoms with van der Waals surface area (Å²) < 4.78 is 11.3. The van der Waals surface area contributed by atoms with E-state index in [9.17, 15) is 9.59 Å². The predicted octanol–water partition coefficient (Wildman–Crippen LogP) is 3.52. The van der Waals surface area contributed by atoms with Gasteiger partial charge in [0.2, 0.25) is 11.8 Å². The van der Waals surface area contributed by atoms with Gasteiger partial charge >= 0.3 is 0 Å². The number of hydrogen-bond acceptors (Lipinski definition) is 5. The third kappa shape index (κ3) is 5.93. The van der Waals surface area contributed by atoms with Gasteiger partial charge in [-0.3, -0.25) is 14.5 Å². The summed E-state index contributed by atoms with van der Waals surface area (Å²) in [6.45, 7) is 4.59. The molecule has 7 nitrogen and oxygen atoms in total. The Labute approximate surface area is 181 Å². The van der Waals surface area contributed by atoms with E-state index in [1.165, 1.54) is 12.5 Å². The molecule has 31 heavy (non-hydrogen) atoms. The summed E-state index contributed by atoms with van der Waals surface area (Å²) in [5.41, 5.74) is 3.51. The molecule has 2 amide bonds. The van der Waals surface area contributed by atoms with E-state index in [1.54, 1.807) is 30.5 Å². The average Bonchev–Trinajstić information content (AvgIpc) is 3.09. The van der Waals surface area contributed by atoms with Gasteiger partial charge in [-0.2, -0.15) is 0 Å². The van der Waals surface area contributed by atoms with Crippen molar-refractivity contribution in [3.05, 3.63) is 60.4 Å². The molecule has 3 aromatic rings. The van der Waals surface area contributed by atoms with Crippen molar-refractivity contribution in [1.29, 1.82) is 0 Å². The summed E-state index contributed by atoms with van der Waals surface area (Å²) in [7, 11) is 0. The first-order valence-corrected chi connectivity index (χ1v) is 10.5. The van der Waals surface area contributed by atoms with Gasteiger partial charge in [-0.1, -0.05) is 12.1 Å². The minimum absolute atomic E-state index is 0.0649. The van der Waals surface area contributed by atoms with Gasteiger partial charge in [0.1, 0.15) is 5.58 Å². The van der Waals surface area contributed by atoms with Crippen LogP contribution in [0.1, 0.15) is 12.5 Å². The summed E-state index contributed by atoms with van der Waals surface area (Å²) in [6.07, 6.45) is 2.58. The maximum absolute atomic E-state index is 12.6. The topological polar surface area (TPSA) is 83.8 Å². The Hall–Kier alpha value is -3.16. The number of nitrogens with zero attached hydrogens (tertiary/aromatic N) is 1. The quantitative estimate of drug-likeness (QED) is 0.636. The smallest absolute Gasteiger partial charge is 0.238 e. The Kier molecular flexibility index (Phi) is 6.64. The first kappa shape index (κ1) is 21.1. The lowest BCUT2D eigenvalue weighted by Gasteiger charge is -2.23. The third-order valence-electron chi connectivity index (χ3n) is 5.32. The molecule has 1 saturated heterocycles. The highest BCUT2D eigenvalue weighted by atomic mass is 16.5. The molecule has 1 aliphatic heterocycles. The number of nitrogens with one attached hydrogen (secondary N) is 2. The highest BCUT2D eigenvalue weighted by molar-refractivity contribution is 5.93. The number of furan rings is 1. The first-order valence-electron chi connectivity index (χ1n) is 10.5. The van der Waals surface area contributed by atoms with Crippen LogP contribution in [0.25, 0.3) is 11.0 Å². The largest absolute Gasteiger partial charge is 0.464 e. The molecule has 0 saturated carbocycles. The van der Waals surface area contributed by atoms with Crippen molar-refractivity contribution in [2.24, 2.45) is 5.92 Å². The summed E-state index contributed by atoms with van der Waals surface area (Å²) in [4.78, 5) is 25.8. The zero-order valence-electron chi connectivity index (χ0n) is 17.6. The maximum Gasteiger partial charge on any atom is 0.238 e. The van der Waals surface area contributed by atoms with E-state index in [4.69, 9.17) is 9.15 Å². The number of anilines is 2. The van der Waals surface area contributed by atoms with Crippen LogP contribution in [-0.2, 0) is 20.7 Å². The lowest BCUT2D eigenvalue weighted by Crippen LogP contribution is -2.37.